The first kappa shape index (κ1) is 24.8. The van der Waals surface area contributed by atoms with Crippen LogP contribution in [-0.4, -0.2) is 51.2 Å². The van der Waals surface area contributed by atoms with Crippen molar-refractivity contribution in [3.8, 4) is 0 Å². The average molecular weight is 478 g/mol. The summed E-state index contributed by atoms with van der Waals surface area (Å²) in [6.45, 7) is 5.96. The normalized spacial score (nSPS) is 21.9. The molecule has 0 radical (unpaired) electrons. The molecule has 32 heavy (non-hydrogen) atoms. The summed E-state index contributed by atoms with van der Waals surface area (Å²) in [5.41, 5.74) is 4.25. The first-order valence-electron chi connectivity index (χ1n) is 11.2. The SMILES string of the molecule is Cc1ccc2cc(CN3CCCCC3c3cnn(C4CCN(C)C4)c3)c(=O)[nH]c2c1.Cl.Cl. The minimum Gasteiger partial charge on any atom is -0.322 e. The largest absolute Gasteiger partial charge is 0.322 e. The number of piperidine rings is 1. The minimum absolute atomic E-state index is 0. The van der Waals surface area contributed by atoms with Crippen molar-refractivity contribution in [3.05, 3.63) is 63.7 Å². The van der Waals surface area contributed by atoms with Crippen LogP contribution in [0.25, 0.3) is 10.9 Å². The van der Waals surface area contributed by atoms with Gasteiger partial charge in [0, 0.05) is 42.0 Å². The van der Waals surface area contributed by atoms with E-state index in [9.17, 15) is 4.79 Å². The molecule has 4 heterocycles. The fourth-order valence-corrected chi connectivity index (χ4v) is 5.11. The Labute approximate surface area is 201 Å². The van der Waals surface area contributed by atoms with E-state index in [1.54, 1.807) is 0 Å². The molecular weight excluding hydrogens is 445 g/mol. The minimum atomic E-state index is 0. The Morgan fingerprint density at radius 3 is 2.75 bits per heavy atom. The Hall–Kier alpha value is -1.86. The molecule has 0 spiro atoms. The molecule has 8 heteroatoms. The number of pyridine rings is 1. The van der Waals surface area contributed by atoms with Gasteiger partial charge < -0.3 is 9.88 Å². The maximum atomic E-state index is 12.8. The number of nitrogens with one attached hydrogen (secondary N) is 1. The van der Waals surface area contributed by atoms with E-state index >= 15 is 0 Å². The van der Waals surface area contributed by atoms with Gasteiger partial charge in [-0.15, -0.1) is 24.8 Å². The Kier molecular flexibility index (Phi) is 8.04. The fourth-order valence-electron chi connectivity index (χ4n) is 5.11. The van der Waals surface area contributed by atoms with Crippen LogP contribution >= 0.6 is 24.8 Å². The van der Waals surface area contributed by atoms with E-state index in [0.29, 0.717) is 18.6 Å². The van der Waals surface area contributed by atoms with E-state index in [0.717, 1.165) is 54.5 Å². The third-order valence-corrected chi connectivity index (χ3v) is 6.81. The van der Waals surface area contributed by atoms with Crippen molar-refractivity contribution >= 4 is 35.7 Å². The highest BCUT2D eigenvalue weighted by Gasteiger charge is 2.28. The number of rotatable bonds is 4. The Bertz CT molecular complexity index is 1110. The zero-order chi connectivity index (χ0) is 20.7. The van der Waals surface area contributed by atoms with Crippen LogP contribution in [0.15, 0.2) is 41.5 Å². The Morgan fingerprint density at radius 1 is 1.12 bits per heavy atom. The number of hydrogen-bond donors (Lipinski definition) is 1. The van der Waals surface area contributed by atoms with E-state index in [4.69, 9.17) is 5.10 Å². The van der Waals surface area contributed by atoms with E-state index in [1.165, 1.54) is 18.4 Å². The zero-order valence-electron chi connectivity index (χ0n) is 18.8. The second-order valence-electron chi connectivity index (χ2n) is 9.15. The molecule has 2 aromatic heterocycles. The smallest absolute Gasteiger partial charge is 0.252 e. The maximum Gasteiger partial charge on any atom is 0.252 e. The fraction of sp³-hybridized carbons (Fsp3) is 0.500. The molecule has 3 aromatic rings. The lowest BCUT2D eigenvalue weighted by atomic mass is 9.96. The predicted octanol–water partition coefficient (Wildman–Crippen LogP) is 4.48. The summed E-state index contributed by atoms with van der Waals surface area (Å²) < 4.78 is 2.16. The predicted molar refractivity (Wildman–Crippen MR) is 134 cm³/mol. The summed E-state index contributed by atoms with van der Waals surface area (Å²) in [5.74, 6) is 0. The van der Waals surface area contributed by atoms with E-state index in [1.807, 2.05) is 13.0 Å². The Morgan fingerprint density at radius 2 is 1.97 bits per heavy atom. The molecule has 1 N–H and O–H groups in total. The van der Waals surface area contributed by atoms with Crippen LogP contribution in [0.2, 0.25) is 0 Å². The maximum absolute atomic E-state index is 12.8. The van der Waals surface area contributed by atoms with Gasteiger partial charge >= 0.3 is 0 Å². The summed E-state index contributed by atoms with van der Waals surface area (Å²) in [6.07, 6.45) is 9.00. The van der Waals surface area contributed by atoms with Crippen molar-refractivity contribution in [2.24, 2.45) is 0 Å². The lowest BCUT2D eigenvalue weighted by molar-refractivity contribution is 0.140. The molecule has 6 nitrogen and oxygen atoms in total. The number of H-pyrrole nitrogens is 1. The second-order valence-corrected chi connectivity index (χ2v) is 9.15. The third-order valence-electron chi connectivity index (χ3n) is 6.81. The van der Waals surface area contributed by atoms with Gasteiger partial charge in [-0.2, -0.15) is 5.10 Å². The summed E-state index contributed by atoms with van der Waals surface area (Å²) >= 11 is 0. The third kappa shape index (κ3) is 5.04. The van der Waals surface area contributed by atoms with E-state index < -0.39 is 0 Å². The van der Waals surface area contributed by atoms with Crippen molar-refractivity contribution < 1.29 is 0 Å². The highest BCUT2D eigenvalue weighted by atomic mass is 35.5. The number of fused-ring (bicyclic) bond motifs is 1. The molecule has 0 aliphatic carbocycles. The van der Waals surface area contributed by atoms with Gasteiger partial charge in [0.25, 0.3) is 5.56 Å². The highest BCUT2D eigenvalue weighted by molar-refractivity contribution is 5.85. The van der Waals surface area contributed by atoms with Crippen molar-refractivity contribution in [3.63, 3.8) is 0 Å². The number of hydrogen-bond acceptors (Lipinski definition) is 4. The lowest BCUT2D eigenvalue weighted by Crippen LogP contribution is -2.34. The van der Waals surface area contributed by atoms with Crippen LogP contribution in [0, 0.1) is 6.92 Å². The molecule has 2 fully saturated rings. The molecule has 2 unspecified atom stereocenters. The summed E-state index contributed by atoms with van der Waals surface area (Å²) in [4.78, 5) is 20.7. The molecule has 0 bridgehead atoms. The van der Waals surface area contributed by atoms with Crippen LogP contribution in [0.4, 0.5) is 0 Å². The highest BCUT2D eigenvalue weighted by Crippen LogP contribution is 2.33. The quantitative estimate of drug-likeness (QED) is 0.601. The number of aromatic amines is 1. The molecule has 0 amide bonds. The van der Waals surface area contributed by atoms with Gasteiger partial charge in [0.1, 0.15) is 0 Å². The monoisotopic (exact) mass is 477 g/mol. The van der Waals surface area contributed by atoms with Gasteiger partial charge in [0.15, 0.2) is 0 Å². The van der Waals surface area contributed by atoms with E-state index in [-0.39, 0.29) is 30.4 Å². The molecule has 2 aliphatic rings. The molecular formula is C24H33Cl2N5O. The number of aryl methyl sites for hydroxylation is 1. The van der Waals surface area contributed by atoms with Crippen LogP contribution in [0.1, 0.15) is 54.5 Å². The van der Waals surface area contributed by atoms with Crippen molar-refractivity contribution in [2.45, 2.75) is 51.2 Å². The average Bonchev–Trinajstić information content (AvgIpc) is 3.38. The van der Waals surface area contributed by atoms with Crippen LogP contribution in [0.5, 0.6) is 0 Å². The first-order valence-corrected chi connectivity index (χ1v) is 11.2. The summed E-state index contributed by atoms with van der Waals surface area (Å²) in [6, 6.07) is 9.12. The van der Waals surface area contributed by atoms with Gasteiger partial charge in [0.2, 0.25) is 0 Å². The van der Waals surface area contributed by atoms with Crippen molar-refractivity contribution in [1.29, 1.82) is 0 Å². The summed E-state index contributed by atoms with van der Waals surface area (Å²) in [7, 11) is 2.18. The van der Waals surface area contributed by atoms with Gasteiger partial charge in [0.05, 0.1) is 12.2 Å². The van der Waals surface area contributed by atoms with Crippen LogP contribution in [0.3, 0.4) is 0 Å². The van der Waals surface area contributed by atoms with Crippen molar-refractivity contribution in [1.82, 2.24) is 24.6 Å². The van der Waals surface area contributed by atoms with Crippen molar-refractivity contribution in [2.75, 3.05) is 26.7 Å². The second kappa shape index (κ2) is 10.4. The molecule has 174 valence electrons. The number of likely N-dealkylation sites (tertiary alicyclic amines) is 2. The molecule has 2 aliphatic heterocycles. The van der Waals surface area contributed by atoms with Gasteiger partial charge in [-0.1, -0.05) is 18.6 Å². The topological polar surface area (TPSA) is 57.2 Å². The number of nitrogens with zero attached hydrogens (tertiary/aromatic N) is 4. The van der Waals surface area contributed by atoms with Crippen LogP contribution < -0.4 is 5.56 Å². The number of benzene rings is 1. The van der Waals surface area contributed by atoms with Gasteiger partial charge in [-0.3, -0.25) is 14.4 Å². The standard InChI is InChI=1S/C24H31N5O.2ClH/c1-17-6-7-18-12-19(24(30)26-22(18)11-17)14-28-9-4-3-5-23(28)20-13-25-29(15-20)21-8-10-27(2)16-21;;/h6-7,11-13,15,21,23H,3-5,8-10,14,16H2,1-2H3,(H,26,30);2*1H. The number of aromatic nitrogens is 3. The number of halogens is 2. The molecule has 2 atom stereocenters. The number of likely N-dealkylation sites (N-methyl/N-ethyl adjacent to an activating group) is 1. The molecule has 5 rings (SSSR count). The summed E-state index contributed by atoms with van der Waals surface area (Å²) in [5, 5.41) is 5.81. The van der Waals surface area contributed by atoms with Crippen LogP contribution in [-0.2, 0) is 6.54 Å². The lowest BCUT2D eigenvalue weighted by Gasteiger charge is -2.35. The van der Waals surface area contributed by atoms with Gasteiger partial charge in [-0.25, -0.2) is 0 Å². The van der Waals surface area contributed by atoms with Gasteiger partial charge in [-0.05, 0) is 69.4 Å². The molecule has 1 aromatic carbocycles. The zero-order valence-corrected chi connectivity index (χ0v) is 20.4. The Balaban J connectivity index is 0.00000144. The first-order chi connectivity index (χ1) is 14.6. The molecule has 2 saturated heterocycles. The van der Waals surface area contributed by atoms with E-state index in [2.05, 4.69) is 57.1 Å². The molecule has 0 saturated carbocycles.